The molecule has 2 aromatic heterocycles. The van der Waals surface area contributed by atoms with E-state index in [0.29, 0.717) is 18.3 Å². The molecule has 0 bridgehead atoms. The first-order valence-corrected chi connectivity index (χ1v) is 10.2. The summed E-state index contributed by atoms with van der Waals surface area (Å²) in [6.07, 6.45) is 3.20. The van der Waals surface area contributed by atoms with Gasteiger partial charge in [0.1, 0.15) is 10.7 Å². The number of fused-ring (bicyclic) bond motifs is 3. The molecule has 0 fully saturated rings. The second-order valence-corrected chi connectivity index (χ2v) is 8.67. The van der Waals surface area contributed by atoms with E-state index in [4.69, 9.17) is 16.6 Å². The molecular weight excluding hydrogens is 366 g/mol. The lowest BCUT2D eigenvalue weighted by atomic mass is 9.89. The SMILES string of the molecule is C[C@H]1CCc2c(sc3nc([C@H](C)NCc4ccccc4Cl)[nH]c(=O)c23)C1. The van der Waals surface area contributed by atoms with E-state index >= 15 is 0 Å². The number of thiophene rings is 1. The molecule has 0 amide bonds. The quantitative estimate of drug-likeness (QED) is 0.687. The summed E-state index contributed by atoms with van der Waals surface area (Å²) in [5.41, 5.74) is 2.24. The van der Waals surface area contributed by atoms with E-state index in [1.165, 1.54) is 10.4 Å². The van der Waals surface area contributed by atoms with Crippen molar-refractivity contribution in [2.24, 2.45) is 5.92 Å². The molecule has 136 valence electrons. The van der Waals surface area contributed by atoms with Crippen molar-refractivity contribution >= 4 is 33.2 Å². The molecule has 0 aliphatic heterocycles. The molecule has 1 aliphatic rings. The molecule has 0 saturated carbocycles. The molecule has 2 heterocycles. The largest absolute Gasteiger partial charge is 0.309 e. The third kappa shape index (κ3) is 3.31. The highest BCUT2D eigenvalue weighted by Crippen LogP contribution is 2.35. The van der Waals surface area contributed by atoms with Crippen LogP contribution in [-0.2, 0) is 19.4 Å². The van der Waals surface area contributed by atoms with Crippen LogP contribution in [0, 0.1) is 5.92 Å². The Balaban J connectivity index is 1.61. The van der Waals surface area contributed by atoms with E-state index in [0.717, 1.165) is 40.1 Å². The van der Waals surface area contributed by atoms with Crippen molar-refractivity contribution in [3.8, 4) is 0 Å². The number of nitrogens with zero attached hydrogens (tertiary/aromatic N) is 1. The number of aryl methyl sites for hydroxylation is 1. The van der Waals surface area contributed by atoms with Gasteiger partial charge >= 0.3 is 0 Å². The molecular formula is C20H22ClN3OS. The Morgan fingerprint density at radius 2 is 2.23 bits per heavy atom. The number of nitrogens with one attached hydrogen (secondary N) is 2. The minimum Gasteiger partial charge on any atom is -0.309 e. The van der Waals surface area contributed by atoms with Gasteiger partial charge in [-0.25, -0.2) is 4.98 Å². The fourth-order valence-corrected chi connectivity index (χ4v) is 5.17. The maximum absolute atomic E-state index is 12.7. The van der Waals surface area contributed by atoms with E-state index in [-0.39, 0.29) is 11.6 Å². The highest BCUT2D eigenvalue weighted by atomic mass is 35.5. The van der Waals surface area contributed by atoms with Crippen molar-refractivity contribution in [1.82, 2.24) is 15.3 Å². The zero-order chi connectivity index (χ0) is 18.3. The van der Waals surface area contributed by atoms with Crippen LogP contribution in [0.1, 0.15) is 48.1 Å². The number of H-pyrrole nitrogens is 1. The van der Waals surface area contributed by atoms with Gasteiger partial charge in [-0.15, -0.1) is 11.3 Å². The third-order valence-corrected chi connectivity index (χ3v) is 6.67. The summed E-state index contributed by atoms with van der Waals surface area (Å²) >= 11 is 7.90. The van der Waals surface area contributed by atoms with E-state index in [2.05, 4.69) is 17.2 Å². The molecule has 1 aliphatic carbocycles. The van der Waals surface area contributed by atoms with E-state index < -0.39 is 0 Å². The van der Waals surface area contributed by atoms with Gasteiger partial charge in [0.25, 0.3) is 5.56 Å². The first-order chi connectivity index (χ1) is 12.5. The number of hydrogen-bond acceptors (Lipinski definition) is 4. The summed E-state index contributed by atoms with van der Waals surface area (Å²) < 4.78 is 0. The van der Waals surface area contributed by atoms with Crippen molar-refractivity contribution in [2.75, 3.05) is 0 Å². The van der Waals surface area contributed by atoms with Gasteiger partial charge in [-0.1, -0.05) is 36.7 Å². The van der Waals surface area contributed by atoms with E-state index in [9.17, 15) is 4.79 Å². The van der Waals surface area contributed by atoms with Crippen LogP contribution in [0.5, 0.6) is 0 Å². The van der Waals surface area contributed by atoms with Crippen LogP contribution in [0.15, 0.2) is 29.1 Å². The van der Waals surface area contributed by atoms with Crippen LogP contribution >= 0.6 is 22.9 Å². The van der Waals surface area contributed by atoms with Gasteiger partial charge in [-0.3, -0.25) is 4.79 Å². The van der Waals surface area contributed by atoms with Gasteiger partial charge in [0.15, 0.2) is 0 Å². The van der Waals surface area contributed by atoms with Crippen molar-refractivity contribution in [2.45, 2.75) is 45.7 Å². The molecule has 0 radical (unpaired) electrons. The standard InChI is InChI=1S/C20H22ClN3OS/c1-11-7-8-14-16(9-11)26-20-17(14)19(25)23-18(24-20)12(2)22-10-13-5-3-4-6-15(13)21/h3-6,11-12,22H,7-10H2,1-2H3,(H,23,24,25)/t11-,12-/m0/s1. The van der Waals surface area contributed by atoms with Crippen molar-refractivity contribution in [3.63, 3.8) is 0 Å². The van der Waals surface area contributed by atoms with Crippen LogP contribution in [0.25, 0.3) is 10.2 Å². The number of benzene rings is 1. The van der Waals surface area contributed by atoms with Crippen molar-refractivity contribution in [3.05, 3.63) is 61.5 Å². The van der Waals surface area contributed by atoms with Crippen molar-refractivity contribution in [1.29, 1.82) is 0 Å². The van der Waals surface area contributed by atoms with Crippen LogP contribution < -0.4 is 10.9 Å². The van der Waals surface area contributed by atoms with E-state index in [1.54, 1.807) is 11.3 Å². The van der Waals surface area contributed by atoms with Gasteiger partial charge in [0, 0.05) is 16.4 Å². The lowest BCUT2D eigenvalue weighted by Crippen LogP contribution is -2.23. The molecule has 4 nitrogen and oxygen atoms in total. The Kier molecular flexibility index (Phi) is 4.86. The zero-order valence-electron chi connectivity index (χ0n) is 14.9. The predicted octanol–water partition coefficient (Wildman–Crippen LogP) is 4.61. The second kappa shape index (κ2) is 7.14. The topological polar surface area (TPSA) is 57.8 Å². The summed E-state index contributed by atoms with van der Waals surface area (Å²) in [7, 11) is 0. The van der Waals surface area contributed by atoms with Gasteiger partial charge in [0.05, 0.1) is 11.4 Å². The summed E-state index contributed by atoms with van der Waals surface area (Å²) in [5, 5.41) is 4.95. The highest BCUT2D eigenvalue weighted by Gasteiger charge is 2.23. The smallest absolute Gasteiger partial charge is 0.259 e. The molecule has 3 aromatic rings. The fraction of sp³-hybridized carbons (Fsp3) is 0.400. The maximum atomic E-state index is 12.7. The van der Waals surface area contributed by atoms with Crippen molar-refractivity contribution < 1.29 is 0 Å². The van der Waals surface area contributed by atoms with Crippen LogP contribution in [0.3, 0.4) is 0 Å². The Morgan fingerprint density at radius 3 is 3.04 bits per heavy atom. The summed E-state index contributed by atoms with van der Waals surface area (Å²) in [5.74, 6) is 1.37. The van der Waals surface area contributed by atoms with Crippen LogP contribution in [0.2, 0.25) is 5.02 Å². The summed E-state index contributed by atoms with van der Waals surface area (Å²) in [6, 6.07) is 7.70. The molecule has 2 N–H and O–H groups in total. The Bertz CT molecular complexity index is 1010. The van der Waals surface area contributed by atoms with E-state index in [1.807, 2.05) is 31.2 Å². The summed E-state index contributed by atoms with van der Waals surface area (Å²) in [6.45, 7) is 4.91. The van der Waals surface area contributed by atoms with Gasteiger partial charge in [0.2, 0.25) is 0 Å². The predicted molar refractivity (Wildman–Crippen MR) is 108 cm³/mol. The molecule has 6 heteroatoms. The van der Waals surface area contributed by atoms with Gasteiger partial charge < -0.3 is 10.3 Å². The van der Waals surface area contributed by atoms with Crippen LogP contribution in [-0.4, -0.2) is 9.97 Å². The molecule has 2 atom stereocenters. The number of aromatic amines is 1. The number of aromatic nitrogens is 2. The zero-order valence-corrected chi connectivity index (χ0v) is 16.5. The first kappa shape index (κ1) is 17.7. The van der Waals surface area contributed by atoms with Gasteiger partial charge in [-0.05, 0) is 49.3 Å². The minimum absolute atomic E-state index is 0.0107. The molecule has 0 saturated heterocycles. The Labute approximate surface area is 161 Å². The molecule has 26 heavy (non-hydrogen) atoms. The maximum Gasteiger partial charge on any atom is 0.259 e. The fourth-order valence-electron chi connectivity index (χ4n) is 3.57. The minimum atomic E-state index is -0.0681. The first-order valence-electron chi connectivity index (χ1n) is 9.04. The highest BCUT2D eigenvalue weighted by molar-refractivity contribution is 7.18. The Morgan fingerprint density at radius 1 is 1.42 bits per heavy atom. The molecule has 0 unspecified atom stereocenters. The molecule has 4 rings (SSSR count). The second-order valence-electron chi connectivity index (χ2n) is 7.18. The third-order valence-electron chi connectivity index (χ3n) is 5.15. The monoisotopic (exact) mass is 387 g/mol. The summed E-state index contributed by atoms with van der Waals surface area (Å²) in [4.78, 5) is 22.7. The lowest BCUT2D eigenvalue weighted by molar-refractivity contribution is 0.509. The number of halogens is 1. The average molecular weight is 388 g/mol. The van der Waals surface area contributed by atoms with Gasteiger partial charge in [-0.2, -0.15) is 0 Å². The average Bonchev–Trinajstić information content (AvgIpc) is 2.98. The number of rotatable bonds is 4. The normalized spacial score (nSPS) is 18.0. The lowest BCUT2D eigenvalue weighted by Gasteiger charge is -2.17. The number of hydrogen-bond donors (Lipinski definition) is 2. The van der Waals surface area contributed by atoms with Crippen LogP contribution in [0.4, 0.5) is 0 Å². The Hall–Kier alpha value is -1.69. The molecule has 0 spiro atoms. The molecule has 1 aromatic carbocycles.